The molecule has 1 aromatic rings. The summed E-state index contributed by atoms with van der Waals surface area (Å²) < 4.78 is 0. The molecule has 0 spiro atoms. The van der Waals surface area contributed by atoms with Crippen molar-refractivity contribution >= 4 is 11.6 Å². The van der Waals surface area contributed by atoms with Crippen LogP contribution in [0.15, 0.2) is 30.3 Å². The first-order valence-electron chi connectivity index (χ1n) is 7.10. The summed E-state index contributed by atoms with van der Waals surface area (Å²) in [5.41, 5.74) is 1.09. The zero-order chi connectivity index (χ0) is 13.8. The number of anilines is 1. The lowest BCUT2D eigenvalue weighted by atomic mass is 9.92. The molecule has 0 N–H and O–H groups in total. The third kappa shape index (κ3) is 3.72. The fourth-order valence-electron chi connectivity index (χ4n) is 2.94. The van der Waals surface area contributed by atoms with E-state index in [9.17, 15) is 4.79 Å². The highest BCUT2D eigenvalue weighted by Gasteiger charge is 2.25. The van der Waals surface area contributed by atoms with Crippen LogP contribution in [-0.4, -0.2) is 37.5 Å². The fourth-order valence-corrected chi connectivity index (χ4v) is 2.94. The number of hydrogen-bond donors (Lipinski definition) is 0. The Balaban J connectivity index is 1.93. The zero-order valence-corrected chi connectivity index (χ0v) is 12.2. The van der Waals surface area contributed by atoms with Gasteiger partial charge in [-0.3, -0.25) is 4.79 Å². The van der Waals surface area contributed by atoms with Crippen molar-refractivity contribution in [3.63, 3.8) is 0 Å². The van der Waals surface area contributed by atoms with Crippen LogP contribution in [0.5, 0.6) is 0 Å². The predicted octanol–water partition coefficient (Wildman–Crippen LogP) is 2.63. The minimum atomic E-state index is 0.241. The molecular formula is C16H24N2O. The van der Waals surface area contributed by atoms with E-state index in [0.717, 1.165) is 18.8 Å². The first-order valence-corrected chi connectivity index (χ1v) is 7.10. The summed E-state index contributed by atoms with van der Waals surface area (Å²) in [6.45, 7) is 6.74. The number of likely N-dealkylation sites (tertiary alicyclic amines) is 1. The summed E-state index contributed by atoms with van der Waals surface area (Å²) >= 11 is 0. The number of hydrogen-bond acceptors (Lipinski definition) is 2. The van der Waals surface area contributed by atoms with Crippen LogP contribution >= 0.6 is 0 Å². The van der Waals surface area contributed by atoms with Gasteiger partial charge in [0.25, 0.3) is 0 Å². The van der Waals surface area contributed by atoms with Gasteiger partial charge in [-0.2, -0.15) is 0 Å². The van der Waals surface area contributed by atoms with E-state index in [0.29, 0.717) is 18.4 Å². The molecule has 0 bridgehead atoms. The second-order valence-electron chi connectivity index (χ2n) is 5.94. The second-order valence-corrected chi connectivity index (χ2v) is 5.94. The van der Waals surface area contributed by atoms with Crippen LogP contribution in [0, 0.1) is 11.8 Å². The van der Waals surface area contributed by atoms with Crippen LogP contribution in [0.4, 0.5) is 5.69 Å². The molecule has 2 rings (SSSR count). The summed E-state index contributed by atoms with van der Waals surface area (Å²) in [6, 6.07) is 10.1. The average molecular weight is 260 g/mol. The van der Waals surface area contributed by atoms with Gasteiger partial charge in [-0.1, -0.05) is 32.0 Å². The summed E-state index contributed by atoms with van der Waals surface area (Å²) in [5, 5.41) is 0. The average Bonchev–Trinajstić information content (AvgIpc) is 2.38. The molecule has 1 aromatic carbocycles. The Bertz CT molecular complexity index is 408. The number of benzene rings is 1. The summed E-state index contributed by atoms with van der Waals surface area (Å²) in [6.07, 6.45) is 1.23. The number of carbonyl (C=O) groups is 1. The molecule has 104 valence electrons. The van der Waals surface area contributed by atoms with E-state index in [4.69, 9.17) is 0 Å². The third-order valence-corrected chi connectivity index (χ3v) is 3.79. The lowest BCUT2D eigenvalue weighted by Crippen LogP contribution is -2.46. The van der Waals surface area contributed by atoms with Crippen molar-refractivity contribution < 1.29 is 4.79 Å². The molecular weight excluding hydrogens is 236 g/mol. The smallest absolute Gasteiger partial charge is 0.242 e. The Kier molecular flexibility index (Phi) is 4.46. The maximum absolute atomic E-state index is 12.4. The van der Waals surface area contributed by atoms with Crippen LogP contribution in [0.25, 0.3) is 0 Å². The lowest BCUT2D eigenvalue weighted by Gasteiger charge is -2.36. The molecule has 1 fully saturated rings. The highest BCUT2D eigenvalue weighted by molar-refractivity contribution is 5.81. The van der Waals surface area contributed by atoms with Gasteiger partial charge >= 0.3 is 0 Å². The molecule has 1 amide bonds. The Morgan fingerprint density at radius 3 is 2.37 bits per heavy atom. The van der Waals surface area contributed by atoms with Gasteiger partial charge in [0.15, 0.2) is 0 Å². The Morgan fingerprint density at radius 2 is 1.79 bits per heavy atom. The highest BCUT2D eigenvalue weighted by Crippen LogP contribution is 2.21. The van der Waals surface area contributed by atoms with Gasteiger partial charge in [0.2, 0.25) is 5.91 Å². The lowest BCUT2D eigenvalue weighted by molar-refractivity contribution is -0.132. The van der Waals surface area contributed by atoms with Crippen molar-refractivity contribution in [1.29, 1.82) is 0 Å². The van der Waals surface area contributed by atoms with E-state index in [1.165, 1.54) is 6.42 Å². The normalized spacial score (nSPS) is 23.2. The number of piperidine rings is 1. The first kappa shape index (κ1) is 13.9. The second kappa shape index (κ2) is 6.09. The van der Waals surface area contributed by atoms with E-state index in [1.807, 2.05) is 47.2 Å². The maximum Gasteiger partial charge on any atom is 0.242 e. The van der Waals surface area contributed by atoms with Gasteiger partial charge in [0, 0.05) is 25.8 Å². The minimum Gasteiger partial charge on any atom is -0.365 e. The monoisotopic (exact) mass is 260 g/mol. The number of para-hydroxylation sites is 1. The summed E-state index contributed by atoms with van der Waals surface area (Å²) in [7, 11) is 1.98. The molecule has 1 heterocycles. The van der Waals surface area contributed by atoms with Crippen LogP contribution in [0.3, 0.4) is 0 Å². The molecule has 1 saturated heterocycles. The topological polar surface area (TPSA) is 23.6 Å². The molecule has 0 aromatic heterocycles. The van der Waals surface area contributed by atoms with E-state index in [-0.39, 0.29) is 5.91 Å². The van der Waals surface area contributed by atoms with E-state index < -0.39 is 0 Å². The van der Waals surface area contributed by atoms with Crippen LogP contribution in [0.1, 0.15) is 20.3 Å². The maximum atomic E-state index is 12.4. The van der Waals surface area contributed by atoms with Crippen molar-refractivity contribution in [2.45, 2.75) is 20.3 Å². The molecule has 3 nitrogen and oxygen atoms in total. The Labute approximate surface area is 116 Å². The molecule has 1 aliphatic rings. The molecule has 0 radical (unpaired) electrons. The van der Waals surface area contributed by atoms with Crippen LogP contribution < -0.4 is 4.90 Å². The number of amides is 1. The molecule has 19 heavy (non-hydrogen) atoms. The van der Waals surface area contributed by atoms with Gasteiger partial charge in [0.05, 0.1) is 6.54 Å². The zero-order valence-electron chi connectivity index (χ0n) is 12.2. The Hall–Kier alpha value is -1.51. The quantitative estimate of drug-likeness (QED) is 0.834. The minimum absolute atomic E-state index is 0.241. The third-order valence-electron chi connectivity index (χ3n) is 3.79. The van der Waals surface area contributed by atoms with Gasteiger partial charge in [-0.25, -0.2) is 0 Å². The summed E-state index contributed by atoms with van der Waals surface area (Å²) in [4.78, 5) is 16.4. The van der Waals surface area contributed by atoms with E-state index in [1.54, 1.807) is 0 Å². The van der Waals surface area contributed by atoms with E-state index >= 15 is 0 Å². The number of nitrogens with zero attached hydrogens (tertiary/aromatic N) is 2. The van der Waals surface area contributed by atoms with Gasteiger partial charge in [-0.05, 0) is 30.4 Å². The molecule has 0 saturated carbocycles. The molecule has 1 aliphatic heterocycles. The first-order chi connectivity index (χ1) is 9.06. The summed E-state index contributed by atoms with van der Waals surface area (Å²) in [5.74, 6) is 1.48. The van der Waals surface area contributed by atoms with Gasteiger partial charge in [0.1, 0.15) is 0 Å². The highest BCUT2D eigenvalue weighted by atomic mass is 16.2. The van der Waals surface area contributed by atoms with Crippen molar-refractivity contribution in [2.24, 2.45) is 11.8 Å². The van der Waals surface area contributed by atoms with Crippen LogP contribution in [0.2, 0.25) is 0 Å². The number of rotatable bonds is 3. The fraction of sp³-hybridized carbons (Fsp3) is 0.562. The van der Waals surface area contributed by atoms with Crippen molar-refractivity contribution in [3.05, 3.63) is 30.3 Å². The molecule has 0 unspecified atom stereocenters. The molecule has 0 aliphatic carbocycles. The number of carbonyl (C=O) groups excluding carboxylic acids is 1. The van der Waals surface area contributed by atoms with Crippen molar-refractivity contribution in [3.8, 4) is 0 Å². The predicted molar refractivity (Wildman–Crippen MR) is 79.2 cm³/mol. The Morgan fingerprint density at radius 1 is 1.21 bits per heavy atom. The van der Waals surface area contributed by atoms with Crippen molar-refractivity contribution in [2.75, 3.05) is 31.6 Å². The van der Waals surface area contributed by atoms with Crippen LogP contribution in [-0.2, 0) is 4.79 Å². The molecule has 2 atom stereocenters. The number of likely N-dealkylation sites (N-methyl/N-ethyl adjacent to an activating group) is 1. The van der Waals surface area contributed by atoms with Crippen molar-refractivity contribution in [1.82, 2.24) is 4.90 Å². The molecule has 3 heteroatoms. The van der Waals surface area contributed by atoms with Gasteiger partial charge < -0.3 is 9.80 Å². The van der Waals surface area contributed by atoms with Gasteiger partial charge in [-0.15, -0.1) is 0 Å². The van der Waals surface area contributed by atoms with E-state index in [2.05, 4.69) is 13.8 Å². The SMILES string of the molecule is C[C@@H]1C[C@H](C)CN(C(=O)CN(C)c2ccccc2)C1. The standard InChI is InChI=1S/C16H24N2O/c1-13-9-14(2)11-18(10-13)16(19)12-17(3)15-7-5-4-6-8-15/h4-8,13-14H,9-12H2,1-3H3/t13-,14+. The largest absolute Gasteiger partial charge is 0.365 e.